The summed E-state index contributed by atoms with van der Waals surface area (Å²) in [5, 5.41) is 8.50. The molecular formula is C20H30O5. The number of esters is 1. The van der Waals surface area contributed by atoms with Crippen LogP contribution in [0.3, 0.4) is 0 Å². The lowest BCUT2D eigenvalue weighted by atomic mass is 10.2. The molecule has 0 aliphatic rings. The predicted octanol–water partition coefficient (Wildman–Crippen LogP) is 3.89. The predicted molar refractivity (Wildman–Crippen MR) is 98.1 cm³/mol. The molecule has 140 valence electrons. The molecular weight excluding hydrogens is 320 g/mol. The van der Waals surface area contributed by atoms with E-state index >= 15 is 0 Å². The van der Waals surface area contributed by atoms with Crippen molar-refractivity contribution in [1.82, 2.24) is 0 Å². The molecule has 0 rings (SSSR count). The van der Waals surface area contributed by atoms with Crippen molar-refractivity contribution < 1.29 is 24.2 Å². The van der Waals surface area contributed by atoms with Crippen LogP contribution in [0.5, 0.6) is 0 Å². The summed E-state index contributed by atoms with van der Waals surface area (Å²) in [6.07, 6.45) is 19.7. The van der Waals surface area contributed by atoms with Crippen LogP contribution >= 0.6 is 0 Å². The van der Waals surface area contributed by atoms with Crippen molar-refractivity contribution in [3.63, 3.8) is 0 Å². The number of carboxylic acid groups (broad SMARTS) is 1. The van der Waals surface area contributed by atoms with E-state index in [1.807, 2.05) is 6.08 Å². The van der Waals surface area contributed by atoms with E-state index in [9.17, 15) is 9.59 Å². The molecule has 0 fully saturated rings. The highest BCUT2D eigenvalue weighted by Gasteiger charge is 2.01. The number of allylic oxidation sites excluding steroid dienone is 4. The number of aliphatic carboxylic acids is 1. The Morgan fingerprint density at radius 1 is 0.880 bits per heavy atom. The van der Waals surface area contributed by atoms with E-state index in [0.29, 0.717) is 39.1 Å². The Hall–Kier alpha value is -2.06. The first-order valence-corrected chi connectivity index (χ1v) is 8.85. The fourth-order valence-corrected chi connectivity index (χ4v) is 1.95. The molecule has 0 saturated heterocycles. The fraction of sp³-hybridized carbons (Fsp3) is 0.600. The van der Waals surface area contributed by atoms with E-state index in [1.165, 1.54) is 0 Å². The number of ether oxygens (including phenoxy) is 2. The zero-order valence-electron chi connectivity index (χ0n) is 15.0. The Kier molecular flexibility index (Phi) is 16.8. The number of carbonyl (C=O) groups excluding carboxylic acids is 1. The van der Waals surface area contributed by atoms with Gasteiger partial charge in [-0.3, -0.25) is 9.59 Å². The lowest BCUT2D eigenvalue weighted by Gasteiger charge is -2.04. The smallest absolute Gasteiger partial charge is 0.305 e. The number of terminal acetylenes is 1. The molecule has 0 atom stereocenters. The molecule has 0 unspecified atom stereocenters. The van der Waals surface area contributed by atoms with Gasteiger partial charge in [0.1, 0.15) is 6.61 Å². The molecule has 5 heteroatoms. The molecule has 1 N–H and O–H groups in total. The summed E-state index contributed by atoms with van der Waals surface area (Å²) in [4.78, 5) is 21.8. The molecule has 0 aliphatic carbocycles. The molecule has 0 saturated carbocycles. The highest BCUT2D eigenvalue weighted by Crippen LogP contribution is 2.03. The van der Waals surface area contributed by atoms with Gasteiger partial charge in [-0.1, -0.05) is 30.2 Å². The zero-order valence-corrected chi connectivity index (χ0v) is 15.0. The lowest BCUT2D eigenvalue weighted by Crippen LogP contribution is -2.07. The van der Waals surface area contributed by atoms with Crippen molar-refractivity contribution in [3.8, 4) is 12.3 Å². The van der Waals surface area contributed by atoms with Gasteiger partial charge in [0.25, 0.3) is 0 Å². The van der Waals surface area contributed by atoms with Crippen LogP contribution < -0.4 is 0 Å². The van der Waals surface area contributed by atoms with Crippen molar-refractivity contribution in [2.24, 2.45) is 0 Å². The van der Waals surface area contributed by atoms with Gasteiger partial charge in [-0.25, -0.2) is 0 Å². The normalized spacial score (nSPS) is 11.0. The Morgan fingerprint density at radius 3 is 2.08 bits per heavy atom. The van der Waals surface area contributed by atoms with Crippen LogP contribution in [0, 0.1) is 12.3 Å². The third kappa shape index (κ3) is 19.9. The molecule has 5 nitrogen and oxygen atoms in total. The van der Waals surface area contributed by atoms with E-state index < -0.39 is 5.97 Å². The maximum absolute atomic E-state index is 11.5. The third-order valence-electron chi connectivity index (χ3n) is 3.23. The minimum atomic E-state index is -0.741. The standard InChI is InChI=1S/C20H30O5/c1-2-16-24-17-13-18-25-20(23)15-12-10-8-6-4-3-5-7-9-11-14-19(21)22/h1,5-8H,3-4,9-18H2,(H,21,22)/b7-5-,8-6-. The van der Waals surface area contributed by atoms with E-state index in [0.717, 1.165) is 32.1 Å². The Bertz CT molecular complexity index is 445. The Balaban J connectivity index is 3.36. The maximum Gasteiger partial charge on any atom is 0.305 e. The summed E-state index contributed by atoms with van der Waals surface area (Å²) < 4.78 is 10.2. The molecule has 25 heavy (non-hydrogen) atoms. The van der Waals surface area contributed by atoms with E-state index in [1.54, 1.807) is 0 Å². The van der Waals surface area contributed by atoms with E-state index in [2.05, 4.69) is 24.1 Å². The summed E-state index contributed by atoms with van der Waals surface area (Å²) in [5.74, 6) is 1.46. The third-order valence-corrected chi connectivity index (χ3v) is 3.23. The number of carboxylic acids is 1. The van der Waals surface area contributed by atoms with Crippen LogP contribution in [-0.2, 0) is 19.1 Å². The average Bonchev–Trinajstić information content (AvgIpc) is 2.58. The van der Waals surface area contributed by atoms with Gasteiger partial charge in [0.15, 0.2) is 0 Å². The van der Waals surface area contributed by atoms with E-state index in [4.69, 9.17) is 21.0 Å². The van der Waals surface area contributed by atoms with Crippen LogP contribution in [0.4, 0.5) is 0 Å². The van der Waals surface area contributed by atoms with Crippen LogP contribution in [-0.4, -0.2) is 36.9 Å². The molecule has 0 amide bonds. The van der Waals surface area contributed by atoms with Crippen molar-refractivity contribution in [3.05, 3.63) is 24.3 Å². The molecule has 0 spiro atoms. The molecule has 0 bridgehead atoms. The monoisotopic (exact) mass is 350 g/mol. The van der Waals surface area contributed by atoms with Gasteiger partial charge < -0.3 is 14.6 Å². The number of carbonyl (C=O) groups is 2. The first kappa shape index (κ1) is 22.9. The van der Waals surface area contributed by atoms with Gasteiger partial charge in [-0.05, 0) is 38.5 Å². The zero-order chi connectivity index (χ0) is 18.6. The SMILES string of the molecule is C#CCOCCCOC(=O)CCC/C=C\CC/C=C\CCCC(=O)O. The van der Waals surface area contributed by atoms with Crippen molar-refractivity contribution in [2.75, 3.05) is 19.8 Å². The highest BCUT2D eigenvalue weighted by molar-refractivity contribution is 5.69. The Labute approximate surface area is 151 Å². The number of unbranched alkanes of at least 4 members (excludes halogenated alkanes) is 3. The molecule has 0 aromatic carbocycles. The van der Waals surface area contributed by atoms with Gasteiger partial charge in [0, 0.05) is 19.3 Å². The second kappa shape index (κ2) is 18.3. The summed E-state index contributed by atoms with van der Waals surface area (Å²) >= 11 is 0. The first-order chi connectivity index (χ1) is 12.2. The van der Waals surface area contributed by atoms with Crippen molar-refractivity contribution >= 4 is 11.9 Å². The highest BCUT2D eigenvalue weighted by atomic mass is 16.5. The minimum absolute atomic E-state index is 0.172. The van der Waals surface area contributed by atoms with Gasteiger partial charge in [-0.15, -0.1) is 6.42 Å². The van der Waals surface area contributed by atoms with Crippen molar-refractivity contribution in [1.29, 1.82) is 0 Å². The average molecular weight is 350 g/mol. The molecule has 0 aromatic rings. The molecule has 0 heterocycles. The second-order valence-corrected chi connectivity index (χ2v) is 5.53. The van der Waals surface area contributed by atoms with Gasteiger partial charge in [0.05, 0.1) is 13.2 Å². The summed E-state index contributed by atoms with van der Waals surface area (Å²) in [5.41, 5.74) is 0. The quantitative estimate of drug-likeness (QED) is 0.198. The second-order valence-electron chi connectivity index (χ2n) is 5.53. The largest absolute Gasteiger partial charge is 0.481 e. The van der Waals surface area contributed by atoms with E-state index in [-0.39, 0.29) is 12.4 Å². The van der Waals surface area contributed by atoms with Crippen molar-refractivity contribution in [2.45, 2.75) is 57.8 Å². The maximum atomic E-state index is 11.5. The van der Waals surface area contributed by atoms with Crippen LogP contribution in [0.15, 0.2) is 24.3 Å². The van der Waals surface area contributed by atoms with Crippen LogP contribution in [0.2, 0.25) is 0 Å². The van der Waals surface area contributed by atoms with Gasteiger partial charge >= 0.3 is 11.9 Å². The van der Waals surface area contributed by atoms with Gasteiger partial charge in [0.2, 0.25) is 0 Å². The van der Waals surface area contributed by atoms with Crippen LogP contribution in [0.1, 0.15) is 57.8 Å². The lowest BCUT2D eigenvalue weighted by molar-refractivity contribution is -0.144. The fourth-order valence-electron chi connectivity index (χ4n) is 1.95. The summed E-state index contributed by atoms with van der Waals surface area (Å²) in [6, 6.07) is 0. The number of rotatable bonds is 16. The summed E-state index contributed by atoms with van der Waals surface area (Å²) in [6.45, 7) is 1.17. The van der Waals surface area contributed by atoms with Crippen LogP contribution in [0.25, 0.3) is 0 Å². The summed E-state index contributed by atoms with van der Waals surface area (Å²) in [7, 11) is 0. The first-order valence-electron chi connectivity index (χ1n) is 8.85. The van der Waals surface area contributed by atoms with Gasteiger partial charge in [-0.2, -0.15) is 0 Å². The molecule has 0 radical (unpaired) electrons. The number of hydrogen-bond donors (Lipinski definition) is 1. The minimum Gasteiger partial charge on any atom is -0.481 e. The topological polar surface area (TPSA) is 72.8 Å². The Morgan fingerprint density at radius 2 is 1.48 bits per heavy atom. The molecule has 0 aromatic heterocycles. The molecule has 0 aliphatic heterocycles. The number of hydrogen-bond acceptors (Lipinski definition) is 4.